The number of nitrogens with one attached hydrogen (secondary N) is 1. The second-order valence-electron chi connectivity index (χ2n) is 6.83. The van der Waals surface area contributed by atoms with Gasteiger partial charge in [0.05, 0.1) is 5.69 Å². The predicted molar refractivity (Wildman–Crippen MR) is 108 cm³/mol. The van der Waals surface area contributed by atoms with Gasteiger partial charge in [-0.1, -0.05) is 24.3 Å². The van der Waals surface area contributed by atoms with Crippen molar-refractivity contribution in [1.82, 2.24) is 19.8 Å². The second-order valence-corrected chi connectivity index (χ2v) is 6.83. The Morgan fingerprint density at radius 1 is 1.11 bits per heavy atom. The average Bonchev–Trinajstić information content (AvgIpc) is 3.15. The lowest BCUT2D eigenvalue weighted by atomic mass is 10.1. The molecule has 3 heterocycles. The molecule has 28 heavy (non-hydrogen) atoms. The molecular formula is C21H23N5O2. The number of benzene rings is 1. The summed E-state index contributed by atoms with van der Waals surface area (Å²) in [6.45, 7) is 4.55. The molecule has 0 bridgehead atoms. The molecule has 1 saturated heterocycles. The summed E-state index contributed by atoms with van der Waals surface area (Å²) in [4.78, 5) is 20.7. The van der Waals surface area contributed by atoms with Crippen LogP contribution in [0.1, 0.15) is 11.3 Å². The molecule has 7 heteroatoms. The van der Waals surface area contributed by atoms with Gasteiger partial charge in [0.15, 0.2) is 0 Å². The molecule has 3 aromatic rings. The minimum Gasteiger partial charge on any atom is -0.368 e. The first kappa shape index (κ1) is 18.2. The van der Waals surface area contributed by atoms with Crippen LogP contribution in [0, 0.1) is 0 Å². The number of carbonyl (C=O) groups excluding carboxylic acids is 1. The van der Waals surface area contributed by atoms with Gasteiger partial charge >= 0.3 is 0 Å². The molecule has 2 N–H and O–H groups in total. The van der Waals surface area contributed by atoms with Crippen molar-refractivity contribution in [2.75, 3.05) is 31.1 Å². The number of imidazole rings is 1. The highest BCUT2D eigenvalue weighted by Gasteiger charge is 2.19. The lowest BCUT2D eigenvalue weighted by Gasteiger charge is -2.36. The predicted octanol–water partition coefficient (Wildman–Crippen LogP) is 2.18. The van der Waals surface area contributed by atoms with Gasteiger partial charge in [-0.05, 0) is 29.8 Å². The number of hydrogen-bond donors (Lipinski definition) is 2. The van der Waals surface area contributed by atoms with Crippen LogP contribution in [0.15, 0.2) is 60.9 Å². The Kier molecular flexibility index (Phi) is 5.36. The number of hydroxylamine groups is 1. The highest BCUT2D eigenvalue weighted by molar-refractivity contribution is 5.91. The summed E-state index contributed by atoms with van der Waals surface area (Å²) in [6.07, 6.45) is 7.17. The fraction of sp³-hybridized carbons (Fsp3) is 0.238. The summed E-state index contributed by atoms with van der Waals surface area (Å²) < 4.78 is 2.05. The Bertz CT molecular complexity index is 956. The average molecular weight is 377 g/mol. The fourth-order valence-electron chi connectivity index (χ4n) is 3.56. The number of nitrogens with zero attached hydrogens (tertiary/aromatic N) is 4. The van der Waals surface area contributed by atoms with E-state index in [1.165, 1.54) is 6.08 Å². The fourth-order valence-corrected chi connectivity index (χ4v) is 3.56. The van der Waals surface area contributed by atoms with E-state index in [9.17, 15) is 4.79 Å². The minimum absolute atomic E-state index is 0.535. The molecule has 7 nitrogen and oxygen atoms in total. The van der Waals surface area contributed by atoms with Crippen LogP contribution in [0.25, 0.3) is 11.7 Å². The molecule has 0 saturated carbocycles. The van der Waals surface area contributed by atoms with Gasteiger partial charge in [0, 0.05) is 56.9 Å². The van der Waals surface area contributed by atoms with Crippen LogP contribution in [-0.2, 0) is 11.3 Å². The van der Waals surface area contributed by atoms with Crippen LogP contribution >= 0.6 is 0 Å². The summed E-state index contributed by atoms with van der Waals surface area (Å²) in [5, 5.41) is 8.65. The molecule has 0 aliphatic carbocycles. The zero-order chi connectivity index (χ0) is 19.3. The summed E-state index contributed by atoms with van der Waals surface area (Å²) in [5.41, 5.74) is 5.73. The molecule has 0 unspecified atom stereocenters. The Morgan fingerprint density at radius 3 is 2.68 bits per heavy atom. The van der Waals surface area contributed by atoms with E-state index < -0.39 is 5.91 Å². The number of hydrogen-bond acceptors (Lipinski definition) is 5. The molecule has 1 aromatic carbocycles. The molecule has 2 aromatic heterocycles. The molecule has 1 aliphatic rings. The Labute approximate surface area is 163 Å². The molecule has 0 radical (unpaired) electrons. The van der Waals surface area contributed by atoms with Crippen molar-refractivity contribution in [3.63, 3.8) is 0 Å². The summed E-state index contributed by atoms with van der Waals surface area (Å²) in [5.74, 6) is -0.535. The lowest BCUT2D eigenvalue weighted by Crippen LogP contribution is -2.46. The minimum atomic E-state index is -0.535. The number of rotatable bonds is 5. The maximum atomic E-state index is 11.3. The molecule has 1 amide bonds. The van der Waals surface area contributed by atoms with E-state index in [2.05, 4.69) is 31.4 Å². The van der Waals surface area contributed by atoms with Crippen LogP contribution < -0.4 is 10.4 Å². The topological polar surface area (TPSA) is 73.1 Å². The third kappa shape index (κ3) is 4.05. The van der Waals surface area contributed by atoms with E-state index in [1.54, 1.807) is 11.6 Å². The van der Waals surface area contributed by atoms with Gasteiger partial charge in [-0.2, -0.15) is 0 Å². The van der Waals surface area contributed by atoms with Gasteiger partial charge in [-0.15, -0.1) is 0 Å². The van der Waals surface area contributed by atoms with Crippen LogP contribution in [-0.4, -0.2) is 51.6 Å². The number of fused-ring (bicyclic) bond motifs is 1. The standard InChI is InChI=1S/C21H23N5O2/c27-21(23-28)9-8-17-5-1-2-6-19(17)25-13-11-24(12-14-25)15-18-16-26-10-4-3-7-20(26)22-18/h1-10,16,28H,11-15H2,(H,23,27)/b9-8+. The SMILES string of the molecule is O=C(/C=C/c1ccccc1N1CCN(Cc2cn3ccccc3n2)CC1)NO. The number of para-hydroxylation sites is 1. The number of aromatic nitrogens is 2. The summed E-state index contributed by atoms with van der Waals surface area (Å²) >= 11 is 0. The van der Waals surface area contributed by atoms with Gasteiger partial charge in [-0.25, -0.2) is 10.5 Å². The van der Waals surface area contributed by atoms with Crippen LogP contribution in [0.4, 0.5) is 5.69 Å². The normalized spacial score (nSPS) is 15.4. The van der Waals surface area contributed by atoms with Crippen molar-refractivity contribution in [1.29, 1.82) is 0 Å². The number of carbonyl (C=O) groups is 1. The molecule has 144 valence electrons. The van der Waals surface area contributed by atoms with Gasteiger partial charge in [0.1, 0.15) is 5.65 Å². The zero-order valence-electron chi connectivity index (χ0n) is 15.5. The quantitative estimate of drug-likeness (QED) is 0.405. The molecule has 0 atom stereocenters. The summed E-state index contributed by atoms with van der Waals surface area (Å²) in [6, 6.07) is 14.0. The number of amides is 1. The largest absolute Gasteiger partial charge is 0.368 e. The van der Waals surface area contributed by atoms with Gasteiger partial charge in [-0.3, -0.25) is 14.9 Å². The molecule has 4 rings (SSSR count). The van der Waals surface area contributed by atoms with E-state index in [1.807, 2.05) is 42.6 Å². The van der Waals surface area contributed by atoms with Crippen LogP contribution in [0.3, 0.4) is 0 Å². The lowest BCUT2D eigenvalue weighted by molar-refractivity contribution is -0.124. The van der Waals surface area contributed by atoms with Crippen molar-refractivity contribution in [3.8, 4) is 0 Å². The second kappa shape index (κ2) is 8.24. The number of pyridine rings is 1. The van der Waals surface area contributed by atoms with Crippen molar-refractivity contribution < 1.29 is 10.0 Å². The van der Waals surface area contributed by atoms with E-state index in [4.69, 9.17) is 5.21 Å². The van der Waals surface area contributed by atoms with Gasteiger partial charge in [0.2, 0.25) is 0 Å². The molecular weight excluding hydrogens is 354 g/mol. The van der Waals surface area contributed by atoms with Crippen molar-refractivity contribution in [2.45, 2.75) is 6.54 Å². The maximum Gasteiger partial charge on any atom is 0.267 e. The highest BCUT2D eigenvalue weighted by atomic mass is 16.5. The Hall–Kier alpha value is -3.16. The van der Waals surface area contributed by atoms with Crippen molar-refractivity contribution in [3.05, 3.63) is 72.2 Å². The molecule has 1 aliphatic heterocycles. The van der Waals surface area contributed by atoms with E-state index in [0.29, 0.717) is 0 Å². The molecule has 1 fully saturated rings. The van der Waals surface area contributed by atoms with E-state index >= 15 is 0 Å². The van der Waals surface area contributed by atoms with Crippen LogP contribution in [0.5, 0.6) is 0 Å². The maximum absolute atomic E-state index is 11.3. The van der Waals surface area contributed by atoms with Crippen molar-refractivity contribution in [2.24, 2.45) is 0 Å². The first-order chi connectivity index (χ1) is 13.7. The third-order valence-corrected chi connectivity index (χ3v) is 4.97. The van der Waals surface area contributed by atoms with Gasteiger partial charge < -0.3 is 9.30 Å². The van der Waals surface area contributed by atoms with Crippen LogP contribution in [0.2, 0.25) is 0 Å². The number of piperazine rings is 1. The Balaban J connectivity index is 1.40. The third-order valence-electron chi connectivity index (χ3n) is 4.97. The zero-order valence-corrected chi connectivity index (χ0v) is 15.5. The number of anilines is 1. The monoisotopic (exact) mass is 377 g/mol. The summed E-state index contributed by atoms with van der Waals surface area (Å²) in [7, 11) is 0. The van der Waals surface area contributed by atoms with Gasteiger partial charge in [0.25, 0.3) is 5.91 Å². The molecule has 0 spiro atoms. The van der Waals surface area contributed by atoms with E-state index in [0.717, 1.165) is 55.3 Å². The first-order valence-corrected chi connectivity index (χ1v) is 9.34. The smallest absolute Gasteiger partial charge is 0.267 e. The highest BCUT2D eigenvalue weighted by Crippen LogP contribution is 2.23. The first-order valence-electron chi connectivity index (χ1n) is 9.34. The Morgan fingerprint density at radius 2 is 1.89 bits per heavy atom. The van der Waals surface area contributed by atoms with E-state index in [-0.39, 0.29) is 0 Å². The van der Waals surface area contributed by atoms with Crippen molar-refractivity contribution >= 4 is 23.3 Å².